The number of carbonyl (C=O) groups excluding carboxylic acids is 1. The minimum atomic E-state index is -2.67. The van der Waals surface area contributed by atoms with Crippen LogP contribution in [0.5, 0.6) is 0 Å². The Morgan fingerprint density at radius 1 is 1.48 bits per heavy atom. The predicted molar refractivity (Wildman–Crippen MR) is 90.1 cm³/mol. The van der Waals surface area contributed by atoms with Crippen LogP contribution in [0.1, 0.15) is 32.8 Å². The minimum Gasteiger partial charge on any atom is -0.750 e. The van der Waals surface area contributed by atoms with Gasteiger partial charge in [-0.1, -0.05) is 12.1 Å². The second-order valence-corrected chi connectivity index (χ2v) is 7.44. The number of rotatable bonds is 5. The molecule has 25 heavy (non-hydrogen) atoms. The lowest BCUT2D eigenvalue weighted by Gasteiger charge is -2.24. The van der Waals surface area contributed by atoms with Gasteiger partial charge in [-0.05, 0) is 33.3 Å². The molecular weight excluding hydrogens is 351 g/mol. The number of nitrogens with one attached hydrogen (secondary N) is 1. The second-order valence-electron chi connectivity index (χ2n) is 6.79. The van der Waals surface area contributed by atoms with Gasteiger partial charge in [0.1, 0.15) is 11.4 Å². The Hall–Kier alpha value is -1.71. The molecule has 2 rings (SSSR count). The molecule has 0 aliphatic carbocycles. The molecule has 1 aliphatic rings. The monoisotopic (exact) mass is 373 g/mol. The van der Waals surface area contributed by atoms with Crippen LogP contribution in [0.15, 0.2) is 18.2 Å². The van der Waals surface area contributed by atoms with E-state index >= 15 is 0 Å². The van der Waals surface area contributed by atoms with Crippen LogP contribution < -0.4 is 10.2 Å². The zero-order valence-corrected chi connectivity index (χ0v) is 15.2. The molecule has 1 N–H and O–H groups in total. The topological polar surface area (TPSA) is 90.9 Å². The van der Waals surface area contributed by atoms with Gasteiger partial charge in [0, 0.05) is 18.7 Å². The molecule has 9 heteroatoms. The van der Waals surface area contributed by atoms with Crippen LogP contribution in [-0.2, 0) is 26.9 Å². The highest BCUT2D eigenvalue weighted by Gasteiger charge is 2.28. The summed E-state index contributed by atoms with van der Waals surface area (Å²) in [5.41, 5.74) is 0.135. The van der Waals surface area contributed by atoms with E-state index in [1.807, 2.05) is 0 Å². The lowest BCUT2D eigenvalue weighted by Crippen LogP contribution is -2.40. The summed E-state index contributed by atoms with van der Waals surface area (Å²) < 4.78 is 45.2. The Morgan fingerprint density at radius 3 is 2.84 bits per heavy atom. The molecule has 0 spiro atoms. The van der Waals surface area contributed by atoms with Crippen molar-refractivity contribution in [2.75, 3.05) is 18.0 Å². The highest BCUT2D eigenvalue weighted by Crippen LogP contribution is 2.28. The maximum atomic E-state index is 14.3. The zero-order valence-electron chi connectivity index (χ0n) is 14.4. The molecule has 1 aromatic rings. The largest absolute Gasteiger partial charge is 0.750 e. The van der Waals surface area contributed by atoms with Crippen LogP contribution in [0.3, 0.4) is 0 Å². The van der Waals surface area contributed by atoms with E-state index in [1.54, 1.807) is 31.7 Å². The molecular formula is C16H22FN2O5S-. The summed E-state index contributed by atoms with van der Waals surface area (Å²) in [6, 6.07) is 4.23. The molecule has 140 valence electrons. The lowest BCUT2D eigenvalue weighted by molar-refractivity contribution is 0.0509. The van der Waals surface area contributed by atoms with Gasteiger partial charge in [-0.3, -0.25) is 4.18 Å². The number of alkyl carbamates (subject to hydrolysis) is 1. The number of hydrogen-bond donors (Lipinski definition) is 1. The minimum absolute atomic E-state index is 0.183. The smallest absolute Gasteiger partial charge is 0.407 e. The summed E-state index contributed by atoms with van der Waals surface area (Å²) in [5, 5.41) is 2.77. The molecule has 1 heterocycles. The van der Waals surface area contributed by atoms with E-state index in [4.69, 9.17) is 4.74 Å². The number of carbonyl (C=O) groups is 1. The molecule has 1 aliphatic heterocycles. The first-order valence-electron chi connectivity index (χ1n) is 7.90. The summed E-state index contributed by atoms with van der Waals surface area (Å²) in [5.74, 6) is -0.462. The molecule has 1 unspecified atom stereocenters. The lowest BCUT2D eigenvalue weighted by atomic mass is 10.1. The van der Waals surface area contributed by atoms with Crippen molar-refractivity contribution in [2.24, 2.45) is 0 Å². The molecule has 1 aromatic carbocycles. The standard InChI is InChI=1S/C16H23FN2O5S/c1-16(2,3)24-15(20)18-12-7-8-19(9-12)14-11(10-23-25(21)22)5-4-6-13(14)17/h4-6,12H,7-10H2,1-3H3,(H,18,20)(H,21,22)/p-1/t12-/m0/s1. The van der Waals surface area contributed by atoms with Crippen molar-refractivity contribution in [3.63, 3.8) is 0 Å². The van der Waals surface area contributed by atoms with E-state index in [0.717, 1.165) is 0 Å². The van der Waals surface area contributed by atoms with Crippen molar-refractivity contribution in [3.05, 3.63) is 29.6 Å². The SMILES string of the molecule is CC(C)(C)OC(=O)N[C@H]1CCN(c2c(F)cccc2COS(=O)[O-])C1. The van der Waals surface area contributed by atoms with E-state index in [2.05, 4.69) is 9.50 Å². The van der Waals surface area contributed by atoms with E-state index < -0.39 is 28.9 Å². The fourth-order valence-corrected chi connectivity index (χ4v) is 2.92. The molecule has 1 saturated heterocycles. The first-order chi connectivity index (χ1) is 11.7. The molecule has 1 fully saturated rings. The van der Waals surface area contributed by atoms with Crippen LogP contribution in [-0.4, -0.2) is 39.6 Å². The number of ether oxygens (including phenoxy) is 1. The number of amides is 1. The van der Waals surface area contributed by atoms with E-state index in [9.17, 15) is 17.9 Å². The number of para-hydroxylation sites is 1. The molecule has 2 atom stereocenters. The van der Waals surface area contributed by atoms with Gasteiger partial charge in [-0.25, -0.2) is 13.4 Å². The number of halogens is 1. The number of anilines is 1. The third-order valence-corrected chi connectivity index (χ3v) is 3.92. The molecule has 1 amide bonds. The molecule has 0 saturated carbocycles. The van der Waals surface area contributed by atoms with Gasteiger partial charge in [0.15, 0.2) is 0 Å². The second kappa shape index (κ2) is 8.11. The third kappa shape index (κ3) is 5.94. The van der Waals surface area contributed by atoms with E-state index in [1.165, 1.54) is 12.1 Å². The van der Waals surface area contributed by atoms with Crippen molar-refractivity contribution < 1.29 is 26.9 Å². The van der Waals surface area contributed by atoms with Gasteiger partial charge >= 0.3 is 6.09 Å². The molecule has 7 nitrogen and oxygen atoms in total. The number of nitrogens with zero attached hydrogens (tertiary/aromatic N) is 1. The van der Waals surface area contributed by atoms with Gasteiger partial charge in [-0.2, -0.15) is 0 Å². The van der Waals surface area contributed by atoms with Crippen molar-refractivity contribution in [3.8, 4) is 0 Å². The molecule has 0 aromatic heterocycles. The normalized spacial score (nSPS) is 18.9. The fraction of sp³-hybridized carbons (Fsp3) is 0.562. The van der Waals surface area contributed by atoms with Crippen LogP contribution >= 0.6 is 0 Å². The van der Waals surface area contributed by atoms with Crippen LogP contribution in [0.4, 0.5) is 14.9 Å². The van der Waals surface area contributed by atoms with Gasteiger partial charge in [0.05, 0.1) is 29.7 Å². The molecule has 0 bridgehead atoms. The number of benzene rings is 1. The Bertz CT molecular complexity index is 650. The average molecular weight is 373 g/mol. The highest BCUT2D eigenvalue weighted by atomic mass is 32.2. The number of hydrogen-bond acceptors (Lipinski definition) is 6. The fourth-order valence-electron chi connectivity index (χ4n) is 2.70. The predicted octanol–water partition coefficient (Wildman–Crippen LogP) is 2.24. The first kappa shape index (κ1) is 19.6. The van der Waals surface area contributed by atoms with Gasteiger partial charge in [-0.15, -0.1) is 0 Å². The Labute approximate surface area is 149 Å². The van der Waals surface area contributed by atoms with Crippen molar-refractivity contribution in [2.45, 2.75) is 45.4 Å². The van der Waals surface area contributed by atoms with E-state index in [0.29, 0.717) is 30.8 Å². The maximum Gasteiger partial charge on any atom is 0.407 e. The zero-order chi connectivity index (χ0) is 18.6. The quantitative estimate of drug-likeness (QED) is 0.796. The summed E-state index contributed by atoms with van der Waals surface area (Å²) in [7, 11) is 0. The Morgan fingerprint density at radius 2 is 2.20 bits per heavy atom. The van der Waals surface area contributed by atoms with Crippen molar-refractivity contribution in [1.29, 1.82) is 0 Å². The first-order valence-corrected chi connectivity index (χ1v) is 8.90. The average Bonchev–Trinajstić information content (AvgIpc) is 2.90. The van der Waals surface area contributed by atoms with Crippen LogP contribution in [0.25, 0.3) is 0 Å². The van der Waals surface area contributed by atoms with Gasteiger partial charge < -0.3 is 19.5 Å². The van der Waals surface area contributed by atoms with E-state index in [-0.39, 0.29) is 12.6 Å². The van der Waals surface area contributed by atoms with Crippen LogP contribution in [0.2, 0.25) is 0 Å². The highest BCUT2D eigenvalue weighted by molar-refractivity contribution is 7.74. The molecule has 0 radical (unpaired) electrons. The summed E-state index contributed by atoms with van der Waals surface area (Å²) >= 11 is -2.67. The Kier molecular flexibility index (Phi) is 6.36. The van der Waals surface area contributed by atoms with Gasteiger partial charge in [0.25, 0.3) is 0 Å². The summed E-state index contributed by atoms with van der Waals surface area (Å²) in [4.78, 5) is 13.6. The van der Waals surface area contributed by atoms with Crippen molar-refractivity contribution in [1.82, 2.24) is 5.32 Å². The van der Waals surface area contributed by atoms with Crippen molar-refractivity contribution >= 4 is 23.1 Å². The third-order valence-electron chi connectivity index (χ3n) is 3.61. The van der Waals surface area contributed by atoms with Gasteiger partial charge in [0.2, 0.25) is 0 Å². The Balaban J connectivity index is 2.04. The summed E-state index contributed by atoms with van der Waals surface area (Å²) in [6.45, 7) is 6.00. The summed E-state index contributed by atoms with van der Waals surface area (Å²) in [6.07, 6.45) is 0.111. The van der Waals surface area contributed by atoms with Crippen LogP contribution in [0, 0.1) is 5.82 Å². The maximum absolute atomic E-state index is 14.3.